The molecule has 1 aromatic heterocycles. The van der Waals surface area contributed by atoms with Crippen LogP contribution in [0.25, 0.3) is 0 Å². The first-order chi connectivity index (χ1) is 13.6. The lowest BCUT2D eigenvalue weighted by Gasteiger charge is -2.29. The summed E-state index contributed by atoms with van der Waals surface area (Å²) in [5.41, 5.74) is 2.03. The van der Waals surface area contributed by atoms with Crippen LogP contribution in [0, 0.1) is 0 Å². The lowest BCUT2D eigenvalue weighted by atomic mass is 9.85. The molecule has 2 heterocycles. The van der Waals surface area contributed by atoms with Gasteiger partial charge in [0.15, 0.2) is 0 Å². The van der Waals surface area contributed by atoms with Crippen LogP contribution in [0.4, 0.5) is 0 Å². The van der Waals surface area contributed by atoms with Crippen LogP contribution >= 0.6 is 11.8 Å². The summed E-state index contributed by atoms with van der Waals surface area (Å²) < 4.78 is 0. The maximum Gasteiger partial charge on any atom is 0.220 e. The molecule has 28 heavy (non-hydrogen) atoms. The van der Waals surface area contributed by atoms with E-state index in [0.717, 1.165) is 24.8 Å². The summed E-state index contributed by atoms with van der Waals surface area (Å²) in [6, 6.07) is 12.4. The van der Waals surface area contributed by atoms with Crippen molar-refractivity contribution in [3.05, 3.63) is 59.9 Å². The van der Waals surface area contributed by atoms with Gasteiger partial charge in [-0.25, -0.2) is 0 Å². The Hall–Kier alpha value is -2.34. The van der Waals surface area contributed by atoms with E-state index in [1.54, 1.807) is 24.2 Å². The molecule has 1 unspecified atom stereocenters. The third-order valence-electron chi connectivity index (χ3n) is 5.25. The quantitative estimate of drug-likeness (QED) is 0.638. The monoisotopic (exact) mass is 397 g/mol. The van der Waals surface area contributed by atoms with Crippen molar-refractivity contribution in [3.8, 4) is 0 Å². The standard InChI is InChI=1S/C22H27N3O2S/c1-28-19-4-2-18(3-5-19)16-22(12-7-21(27)25-22)11-6-20(26)24-15-10-17-8-13-23-14-9-17/h2-5,8-9,13-14H,6-7,10-12,15-16H2,1H3,(H,24,26)(H,25,27). The zero-order valence-corrected chi connectivity index (χ0v) is 17.1. The van der Waals surface area contributed by atoms with Gasteiger partial charge in [-0.1, -0.05) is 12.1 Å². The number of benzene rings is 1. The molecule has 0 spiro atoms. The van der Waals surface area contributed by atoms with Crippen LogP contribution < -0.4 is 10.6 Å². The minimum atomic E-state index is -0.319. The molecular formula is C22H27N3O2S. The molecule has 1 aromatic carbocycles. The maximum absolute atomic E-state index is 12.3. The van der Waals surface area contributed by atoms with Crippen LogP contribution in [0.2, 0.25) is 0 Å². The van der Waals surface area contributed by atoms with Crippen LogP contribution in [0.5, 0.6) is 0 Å². The largest absolute Gasteiger partial charge is 0.356 e. The van der Waals surface area contributed by atoms with Crippen molar-refractivity contribution in [1.29, 1.82) is 0 Å². The second-order valence-electron chi connectivity index (χ2n) is 7.31. The number of thioether (sulfide) groups is 1. The fraction of sp³-hybridized carbons (Fsp3) is 0.409. The van der Waals surface area contributed by atoms with Crippen LogP contribution in [0.1, 0.15) is 36.8 Å². The van der Waals surface area contributed by atoms with E-state index in [1.165, 1.54) is 10.5 Å². The Labute approximate surface area is 170 Å². The van der Waals surface area contributed by atoms with Gasteiger partial charge in [0, 0.05) is 42.2 Å². The van der Waals surface area contributed by atoms with Gasteiger partial charge >= 0.3 is 0 Å². The molecule has 3 rings (SSSR count). The van der Waals surface area contributed by atoms with Gasteiger partial charge in [-0.2, -0.15) is 0 Å². The van der Waals surface area contributed by atoms with Gasteiger partial charge in [0.1, 0.15) is 0 Å². The highest BCUT2D eigenvalue weighted by Gasteiger charge is 2.37. The summed E-state index contributed by atoms with van der Waals surface area (Å²) >= 11 is 1.71. The molecule has 1 atom stereocenters. The summed E-state index contributed by atoms with van der Waals surface area (Å²) in [5, 5.41) is 6.14. The van der Waals surface area contributed by atoms with Crippen LogP contribution in [0.15, 0.2) is 53.7 Å². The minimum Gasteiger partial charge on any atom is -0.356 e. The van der Waals surface area contributed by atoms with Crippen molar-refractivity contribution in [3.63, 3.8) is 0 Å². The van der Waals surface area contributed by atoms with E-state index in [-0.39, 0.29) is 17.4 Å². The zero-order valence-electron chi connectivity index (χ0n) is 16.2. The molecule has 2 N–H and O–H groups in total. The number of rotatable bonds is 9. The third-order valence-corrected chi connectivity index (χ3v) is 6.00. The van der Waals surface area contributed by atoms with Crippen molar-refractivity contribution in [2.24, 2.45) is 0 Å². The Bertz CT molecular complexity index is 795. The van der Waals surface area contributed by atoms with Gasteiger partial charge in [0.2, 0.25) is 11.8 Å². The second kappa shape index (κ2) is 9.73. The number of nitrogens with one attached hydrogen (secondary N) is 2. The summed E-state index contributed by atoms with van der Waals surface area (Å²) in [6.45, 7) is 0.609. The molecule has 2 aromatic rings. The molecule has 1 saturated heterocycles. The van der Waals surface area contributed by atoms with Crippen LogP contribution in [0.3, 0.4) is 0 Å². The number of aromatic nitrogens is 1. The van der Waals surface area contributed by atoms with Crippen molar-refractivity contribution in [2.45, 2.75) is 49.0 Å². The summed E-state index contributed by atoms with van der Waals surface area (Å²) in [6.07, 6.45) is 9.51. The van der Waals surface area contributed by atoms with Crippen molar-refractivity contribution in [1.82, 2.24) is 15.6 Å². The molecule has 0 aliphatic carbocycles. The van der Waals surface area contributed by atoms with E-state index >= 15 is 0 Å². The van der Waals surface area contributed by atoms with Crippen molar-refractivity contribution < 1.29 is 9.59 Å². The predicted molar refractivity (Wildman–Crippen MR) is 112 cm³/mol. The van der Waals surface area contributed by atoms with E-state index < -0.39 is 0 Å². The molecule has 0 bridgehead atoms. The Kier molecular flexibility index (Phi) is 7.09. The minimum absolute atomic E-state index is 0.0345. The molecule has 5 nitrogen and oxygen atoms in total. The summed E-state index contributed by atoms with van der Waals surface area (Å²) in [4.78, 5) is 29.4. The van der Waals surface area contributed by atoms with E-state index in [2.05, 4.69) is 46.1 Å². The maximum atomic E-state index is 12.3. The summed E-state index contributed by atoms with van der Waals surface area (Å²) in [7, 11) is 0. The van der Waals surface area contributed by atoms with Crippen LogP contribution in [-0.2, 0) is 22.4 Å². The molecule has 0 saturated carbocycles. The molecule has 6 heteroatoms. The summed E-state index contributed by atoms with van der Waals surface area (Å²) in [5.74, 6) is 0.117. The molecular weight excluding hydrogens is 370 g/mol. The van der Waals surface area contributed by atoms with Gasteiger partial charge in [-0.05, 0) is 67.3 Å². The molecule has 2 amide bonds. The van der Waals surface area contributed by atoms with E-state index in [4.69, 9.17) is 0 Å². The van der Waals surface area contributed by atoms with Gasteiger partial charge in [0.05, 0.1) is 0 Å². The Morgan fingerprint density at radius 2 is 1.93 bits per heavy atom. The van der Waals surface area contributed by atoms with Crippen molar-refractivity contribution in [2.75, 3.05) is 12.8 Å². The first-order valence-electron chi connectivity index (χ1n) is 9.68. The lowest BCUT2D eigenvalue weighted by Crippen LogP contribution is -2.44. The van der Waals surface area contributed by atoms with Gasteiger partial charge in [0.25, 0.3) is 0 Å². The number of pyridine rings is 1. The number of nitrogens with zero attached hydrogens (tertiary/aromatic N) is 1. The average Bonchev–Trinajstić information content (AvgIpc) is 3.08. The van der Waals surface area contributed by atoms with Gasteiger partial charge in [-0.3, -0.25) is 14.6 Å². The van der Waals surface area contributed by atoms with Gasteiger partial charge < -0.3 is 10.6 Å². The normalized spacial score (nSPS) is 18.7. The predicted octanol–water partition coefficient (Wildman–Crippen LogP) is 3.13. The first kappa shape index (κ1) is 20.4. The van der Waals surface area contributed by atoms with Crippen LogP contribution in [-0.4, -0.2) is 35.1 Å². The van der Waals surface area contributed by atoms with E-state index in [1.807, 2.05) is 12.1 Å². The van der Waals surface area contributed by atoms with E-state index in [0.29, 0.717) is 25.8 Å². The fourth-order valence-electron chi connectivity index (χ4n) is 3.65. The molecule has 1 aliphatic rings. The Balaban J connectivity index is 1.52. The highest BCUT2D eigenvalue weighted by Crippen LogP contribution is 2.30. The first-order valence-corrected chi connectivity index (χ1v) is 10.9. The van der Waals surface area contributed by atoms with Crippen molar-refractivity contribution >= 4 is 23.6 Å². The molecule has 0 radical (unpaired) electrons. The lowest BCUT2D eigenvalue weighted by molar-refractivity contribution is -0.122. The van der Waals surface area contributed by atoms with E-state index in [9.17, 15) is 9.59 Å². The number of hydrogen-bond donors (Lipinski definition) is 2. The molecule has 1 aliphatic heterocycles. The Morgan fingerprint density at radius 3 is 2.57 bits per heavy atom. The number of carbonyl (C=O) groups is 2. The number of amides is 2. The number of hydrogen-bond acceptors (Lipinski definition) is 4. The zero-order chi connectivity index (χ0) is 19.8. The third kappa shape index (κ3) is 5.83. The highest BCUT2D eigenvalue weighted by atomic mass is 32.2. The second-order valence-corrected chi connectivity index (χ2v) is 8.19. The molecule has 1 fully saturated rings. The Morgan fingerprint density at radius 1 is 1.18 bits per heavy atom. The smallest absolute Gasteiger partial charge is 0.220 e. The average molecular weight is 398 g/mol. The topological polar surface area (TPSA) is 71.1 Å². The fourth-order valence-corrected chi connectivity index (χ4v) is 4.06. The number of carbonyl (C=O) groups excluding carboxylic acids is 2. The highest BCUT2D eigenvalue weighted by molar-refractivity contribution is 7.98. The van der Waals surface area contributed by atoms with Gasteiger partial charge in [-0.15, -0.1) is 11.8 Å². The molecule has 148 valence electrons. The SMILES string of the molecule is CSc1ccc(CC2(CCC(=O)NCCc3ccncc3)CCC(=O)N2)cc1.